The minimum Gasteiger partial charge on any atom is -0.478 e. The van der Waals surface area contributed by atoms with Gasteiger partial charge in [-0.2, -0.15) is 0 Å². The number of carbonyl (C=O) groups is 2. The van der Waals surface area contributed by atoms with E-state index in [1.807, 2.05) is 13.8 Å². The summed E-state index contributed by atoms with van der Waals surface area (Å²) in [6, 6.07) is 1.54. The highest BCUT2D eigenvalue weighted by atomic mass is 16.4. The van der Waals surface area contributed by atoms with Gasteiger partial charge in [-0.15, -0.1) is 0 Å². The molecule has 18 heavy (non-hydrogen) atoms. The maximum atomic E-state index is 11.8. The summed E-state index contributed by atoms with van der Waals surface area (Å²) in [6.07, 6.45) is 2.74. The second-order valence-corrected chi connectivity index (χ2v) is 3.65. The van der Waals surface area contributed by atoms with Crippen LogP contribution in [0.15, 0.2) is 18.5 Å². The molecular weight excluding hydrogens is 234 g/mol. The third kappa shape index (κ3) is 3.44. The number of carboxylic acid groups (broad SMARTS) is 1. The topological polar surface area (TPSA) is 82.5 Å². The van der Waals surface area contributed by atoms with Gasteiger partial charge in [-0.3, -0.25) is 9.78 Å². The standard InChI is InChI=1S/C12H17N3O3/c1-3-15(4-2)11(16)8-14-10-5-6-13-7-9(10)12(17)18/h5-7H,3-4,8H2,1-2H3,(H,13,14)(H,17,18). The van der Waals surface area contributed by atoms with E-state index in [0.29, 0.717) is 18.8 Å². The number of aromatic nitrogens is 1. The first-order valence-electron chi connectivity index (χ1n) is 5.79. The minimum absolute atomic E-state index is 0.0600. The van der Waals surface area contributed by atoms with Crippen molar-refractivity contribution >= 4 is 17.6 Å². The lowest BCUT2D eigenvalue weighted by atomic mass is 10.2. The largest absolute Gasteiger partial charge is 0.478 e. The Morgan fingerprint density at radius 2 is 2.06 bits per heavy atom. The van der Waals surface area contributed by atoms with Crippen molar-refractivity contribution in [1.29, 1.82) is 0 Å². The van der Waals surface area contributed by atoms with Crippen LogP contribution in [-0.2, 0) is 4.79 Å². The lowest BCUT2D eigenvalue weighted by molar-refractivity contribution is -0.128. The molecule has 0 unspecified atom stereocenters. The van der Waals surface area contributed by atoms with E-state index in [4.69, 9.17) is 5.11 Å². The van der Waals surface area contributed by atoms with Crippen LogP contribution in [0, 0.1) is 0 Å². The second kappa shape index (κ2) is 6.58. The SMILES string of the molecule is CCN(CC)C(=O)CNc1ccncc1C(=O)O. The number of carbonyl (C=O) groups excluding carboxylic acids is 1. The Morgan fingerprint density at radius 1 is 1.39 bits per heavy atom. The van der Waals surface area contributed by atoms with Crippen molar-refractivity contribution in [2.24, 2.45) is 0 Å². The molecule has 1 rings (SSSR count). The lowest BCUT2D eigenvalue weighted by Gasteiger charge is -2.19. The van der Waals surface area contributed by atoms with Gasteiger partial charge >= 0.3 is 5.97 Å². The van der Waals surface area contributed by atoms with E-state index >= 15 is 0 Å². The van der Waals surface area contributed by atoms with E-state index in [1.165, 1.54) is 12.4 Å². The van der Waals surface area contributed by atoms with Gasteiger partial charge in [0.15, 0.2) is 0 Å². The molecule has 0 fully saturated rings. The first kappa shape index (κ1) is 14.0. The molecule has 98 valence electrons. The third-order valence-electron chi connectivity index (χ3n) is 2.60. The quantitative estimate of drug-likeness (QED) is 0.790. The molecule has 0 saturated heterocycles. The normalized spacial score (nSPS) is 9.89. The number of nitrogens with one attached hydrogen (secondary N) is 1. The van der Waals surface area contributed by atoms with E-state index in [0.717, 1.165) is 0 Å². The highest BCUT2D eigenvalue weighted by Crippen LogP contribution is 2.12. The van der Waals surface area contributed by atoms with E-state index < -0.39 is 5.97 Å². The van der Waals surface area contributed by atoms with Gasteiger partial charge in [-0.1, -0.05) is 0 Å². The maximum absolute atomic E-state index is 11.8. The number of likely N-dealkylation sites (N-methyl/N-ethyl adjacent to an activating group) is 1. The van der Waals surface area contributed by atoms with Crippen molar-refractivity contribution in [3.8, 4) is 0 Å². The number of nitrogens with zero attached hydrogens (tertiary/aromatic N) is 2. The molecular formula is C12H17N3O3. The van der Waals surface area contributed by atoms with Crippen LogP contribution in [0.25, 0.3) is 0 Å². The zero-order chi connectivity index (χ0) is 13.5. The summed E-state index contributed by atoms with van der Waals surface area (Å²) < 4.78 is 0. The Hall–Kier alpha value is -2.11. The summed E-state index contributed by atoms with van der Waals surface area (Å²) in [5, 5.41) is 11.8. The van der Waals surface area contributed by atoms with Gasteiger partial charge in [-0.05, 0) is 19.9 Å². The number of amides is 1. The van der Waals surface area contributed by atoms with Crippen LogP contribution >= 0.6 is 0 Å². The molecule has 0 saturated carbocycles. The molecule has 0 bridgehead atoms. The Balaban J connectivity index is 2.69. The number of carboxylic acids is 1. The molecule has 0 aliphatic heterocycles. The molecule has 0 radical (unpaired) electrons. The average Bonchev–Trinajstić information content (AvgIpc) is 2.38. The van der Waals surface area contributed by atoms with Crippen molar-refractivity contribution in [1.82, 2.24) is 9.88 Å². The van der Waals surface area contributed by atoms with Crippen molar-refractivity contribution in [2.75, 3.05) is 25.0 Å². The molecule has 0 aliphatic rings. The first-order chi connectivity index (χ1) is 8.60. The molecule has 0 atom stereocenters. The van der Waals surface area contributed by atoms with Gasteiger partial charge in [0.2, 0.25) is 5.91 Å². The number of aromatic carboxylic acids is 1. The number of rotatable bonds is 6. The fourth-order valence-electron chi connectivity index (χ4n) is 1.58. The van der Waals surface area contributed by atoms with E-state index in [-0.39, 0.29) is 18.0 Å². The predicted octanol–water partition coefficient (Wildman–Crippen LogP) is 1.06. The van der Waals surface area contributed by atoms with Crippen LogP contribution in [-0.4, -0.2) is 46.5 Å². The predicted molar refractivity (Wildman–Crippen MR) is 67.6 cm³/mol. The lowest BCUT2D eigenvalue weighted by Crippen LogP contribution is -2.35. The van der Waals surface area contributed by atoms with Gasteiger partial charge in [0.1, 0.15) is 5.56 Å². The Morgan fingerprint density at radius 3 is 2.61 bits per heavy atom. The molecule has 1 aromatic rings. The van der Waals surface area contributed by atoms with Crippen LogP contribution in [0.5, 0.6) is 0 Å². The summed E-state index contributed by atoms with van der Waals surface area (Å²) in [5.41, 5.74) is 0.461. The summed E-state index contributed by atoms with van der Waals surface area (Å²) in [6.45, 7) is 5.15. The Bertz CT molecular complexity index is 430. The van der Waals surface area contributed by atoms with E-state index in [2.05, 4.69) is 10.3 Å². The van der Waals surface area contributed by atoms with Gasteiger partial charge in [0, 0.05) is 25.5 Å². The van der Waals surface area contributed by atoms with Gasteiger partial charge < -0.3 is 15.3 Å². The van der Waals surface area contributed by atoms with Gasteiger partial charge in [-0.25, -0.2) is 4.79 Å². The maximum Gasteiger partial charge on any atom is 0.339 e. The highest BCUT2D eigenvalue weighted by molar-refractivity contribution is 5.94. The van der Waals surface area contributed by atoms with Crippen LogP contribution in [0.1, 0.15) is 24.2 Å². The third-order valence-corrected chi connectivity index (χ3v) is 2.60. The second-order valence-electron chi connectivity index (χ2n) is 3.65. The van der Waals surface area contributed by atoms with Crippen LogP contribution in [0.2, 0.25) is 0 Å². The molecule has 2 N–H and O–H groups in total. The molecule has 0 aliphatic carbocycles. The molecule has 0 spiro atoms. The Labute approximate surface area is 106 Å². The molecule has 1 amide bonds. The van der Waals surface area contributed by atoms with Crippen molar-refractivity contribution < 1.29 is 14.7 Å². The van der Waals surface area contributed by atoms with Crippen LogP contribution < -0.4 is 5.32 Å². The number of pyridine rings is 1. The monoisotopic (exact) mass is 251 g/mol. The Kier molecular flexibility index (Phi) is 5.10. The smallest absolute Gasteiger partial charge is 0.339 e. The molecule has 6 heteroatoms. The molecule has 6 nitrogen and oxygen atoms in total. The minimum atomic E-state index is -1.07. The van der Waals surface area contributed by atoms with Crippen molar-refractivity contribution in [2.45, 2.75) is 13.8 Å². The van der Waals surface area contributed by atoms with E-state index in [9.17, 15) is 9.59 Å². The molecule has 0 aromatic carbocycles. The molecule has 1 aromatic heterocycles. The van der Waals surface area contributed by atoms with Gasteiger partial charge in [0.05, 0.1) is 12.2 Å². The fraction of sp³-hybridized carbons (Fsp3) is 0.417. The average molecular weight is 251 g/mol. The first-order valence-corrected chi connectivity index (χ1v) is 5.79. The van der Waals surface area contributed by atoms with Crippen molar-refractivity contribution in [3.05, 3.63) is 24.0 Å². The zero-order valence-electron chi connectivity index (χ0n) is 10.5. The number of anilines is 1. The summed E-state index contributed by atoms with van der Waals surface area (Å²) in [5.74, 6) is -1.13. The van der Waals surface area contributed by atoms with Crippen LogP contribution in [0.3, 0.4) is 0 Å². The summed E-state index contributed by atoms with van der Waals surface area (Å²) in [7, 11) is 0. The van der Waals surface area contributed by atoms with Gasteiger partial charge in [0.25, 0.3) is 0 Å². The fourth-order valence-corrected chi connectivity index (χ4v) is 1.58. The van der Waals surface area contributed by atoms with Crippen molar-refractivity contribution in [3.63, 3.8) is 0 Å². The summed E-state index contributed by atoms with van der Waals surface area (Å²) in [4.78, 5) is 28.1. The van der Waals surface area contributed by atoms with Crippen LogP contribution in [0.4, 0.5) is 5.69 Å². The highest BCUT2D eigenvalue weighted by Gasteiger charge is 2.12. The zero-order valence-corrected chi connectivity index (χ0v) is 10.5. The molecule has 1 heterocycles. The summed E-state index contributed by atoms with van der Waals surface area (Å²) >= 11 is 0. The van der Waals surface area contributed by atoms with E-state index in [1.54, 1.807) is 11.0 Å². The number of hydrogen-bond acceptors (Lipinski definition) is 4. The number of hydrogen-bond donors (Lipinski definition) is 2.